The third kappa shape index (κ3) is 3.52. The molecule has 1 saturated heterocycles. The third-order valence-corrected chi connectivity index (χ3v) is 2.25. The molecule has 1 aliphatic heterocycles. The minimum Gasteiger partial charge on any atom is -0.473 e. The zero-order valence-corrected chi connectivity index (χ0v) is 9.41. The van der Waals surface area contributed by atoms with Crippen LogP contribution < -0.4 is 4.74 Å². The van der Waals surface area contributed by atoms with Gasteiger partial charge in [-0.15, -0.1) is 0 Å². The Labute approximate surface area is 99.6 Å². The molecule has 92 valence electrons. The summed E-state index contributed by atoms with van der Waals surface area (Å²) in [5.41, 5.74) is 0.902. The van der Waals surface area contributed by atoms with E-state index >= 15 is 0 Å². The predicted molar refractivity (Wildman–Crippen MR) is 60.6 cm³/mol. The number of ether oxygens (including phenoxy) is 3. The van der Waals surface area contributed by atoms with E-state index in [0.717, 1.165) is 5.56 Å². The van der Waals surface area contributed by atoms with Gasteiger partial charge in [-0.1, -0.05) is 6.08 Å². The molecule has 0 aromatic carbocycles. The van der Waals surface area contributed by atoms with Crippen LogP contribution in [0.1, 0.15) is 11.9 Å². The van der Waals surface area contributed by atoms with Crippen molar-refractivity contribution in [2.75, 3.05) is 26.4 Å². The molecule has 1 aliphatic rings. The average molecular weight is 237 g/mol. The van der Waals surface area contributed by atoms with Crippen molar-refractivity contribution in [2.24, 2.45) is 0 Å². The van der Waals surface area contributed by atoms with Crippen molar-refractivity contribution in [3.05, 3.63) is 36.0 Å². The Morgan fingerprint density at radius 1 is 1.41 bits per heavy atom. The standard InChI is InChI=1S/C12H15NO4/c14-5-1-2-6-15-11-9-10(3-4-13-11)12-16-7-8-17-12/h1-4,9,12,14H,5-8H2/b2-1-. The highest BCUT2D eigenvalue weighted by Gasteiger charge is 2.18. The van der Waals surface area contributed by atoms with Crippen LogP contribution in [0.15, 0.2) is 30.5 Å². The molecule has 0 radical (unpaired) electrons. The number of aliphatic hydroxyl groups excluding tert-OH is 1. The maximum atomic E-state index is 8.56. The largest absolute Gasteiger partial charge is 0.473 e. The third-order valence-electron chi connectivity index (χ3n) is 2.25. The highest BCUT2D eigenvalue weighted by molar-refractivity contribution is 5.22. The fourth-order valence-corrected chi connectivity index (χ4v) is 1.48. The zero-order chi connectivity index (χ0) is 11.9. The Hall–Kier alpha value is -1.43. The maximum absolute atomic E-state index is 8.56. The van der Waals surface area contributed by atoms with Gasteiger partial charge in [0.2, 0.25) is 5.88 Å². The van der Waals surface area contributed by atoms with Gasteiger partial charge in [-0.05, 0) is 12.1 Å². The van der Waals surface area contributed by atoms with Crippen LogP contribution in [0.4, 0.5) is 0 Å². The molecule has 0 amide bonds. The fraction of sp³-hybridized carbons (Fsp3) is 0.417. The van der Waals surface area contributed by atoms with Crippen LogP contribution in [0.3, 0.4) is 0 Å². The number of nitrogens with zero attached hydrogens (tertiary/aromatic N) is 1. The van der Waals surface area contributed by atoms with E-state index in [1.807, 2.05) is 6.07 Å². The van der Waals surface area contributed by atoms with E-state index in [4.69, 9.17) is 19.3 Å². The summed E-state index contributed by atoms with van der Waals surface area (Å²) in [5, 5.41) is 8.56. The molecule has 2 rings (SSSR count). The summed E-state index contributed by atoms with van der Waals surface area (Å²) in [6.07, 6.45) is 4.70. The van der Waals surface area contributed by atoms with Crippen molar-refractivity contribution in [3.8, 4) is 5.88 Å². The summed E-state index contributed by atoms with van der Waals surface area (Å²) in [7, 11) is 0. The molecule has 1 aromatic rings. The summed E-state index contributed by atoms with van der Waals surface area (Å²) in [4.78, 5) is 4.08. The van der Waals surface area contributed by atoms with Gasteiger partial charge in [0.1, 0.15) is 6.61 Å². The first-order valence-electron chi connectivity index (χ1n) is 5.48. The Morgan fingerprint density at radius 3 is 3.00 bits per heavy atom. The van der Waals surface area contributed by atoms with Crippen LogP contribution >= 0.6 is 0 Å². The number of hydrogen-bond acceptors (Lipinski definition) is 5. The molecule has 5 heteroatoms. The summed E-state index contributed by atoms with van der Waals surface area (Å²) >= 11 is 0. The first kappa shape index (κ1) is 12.0. The van der Waals surface area contributed by atoms with Gasteiger partial charge in [0.05, 0.1) is 19.8 Å². The lowest BCUT2D eigenvalue weighted by Gasteiger charge is -2.10. The molecule has 0 aliphatic carbocycles. The molecule has 5 nitrogen and oxygen atoms in total. The highest BCUT2D eigenvalue weighted by Crippen LogP contribution is 2.24. The van der Waals surface area contributed by atoms with E-state index in [0.29, 0.717) is 25.7 Å². The number of pyridine rings is 1. The normalized spacial score (nSPS) is 16.8. The Morgan fingerprint density at radius 2 is 2.24 bits per heavy atom. The van der Waals surface area contributed by atoms with Crippen LogP contribution in [0.25, 0.3) is 0 Å². The van der Waals surface area contributed by atoms with Crippen molar-refractivity contribution in [1.82, 2.24) is 4.98 Å². The van der Waals surface area contributed by atoms with Crippen molar-refractivity contribution in [3.63, 3.8) is 0 Å². The molecule has 0 spiro atoms. The molecule has 0 unspecified atom stereocenters. The van der Waals surface area contributed by atoms with E-state index in [1.165, 1.54) is 0 Å². The summed E-state index contributed by atoms with van der Waals surface area (Å²) in [6, 6.07) is 3.63. The van der Waals surface area contributed by atoms with Gasteiger partial charge in [0.15, 0.2) is 6.29 Å². The molecular formula is C12H15NO4. The van der Waals surface area contributed by atoms with Crippen LogP contribution in [-0.4, -0.2) is 36.5 Å². The minimum atomic E-state index is -0.312. The van der Waals surface area contributed by atoms with Crippen LogP contribution in [0.5, 0.6) is 5.88 Å². The molecular weight excluding hydrogens is 222 g/mol. The lowest BCUT2D eigenvalue weighted by Crippen LogP contribution is -2.01. The van der Waals surface area contributed by atoms with Gasteiger partial charge in [0.25, 0.3) is 0 Å². The summed E-state index contributed by atoms with van der Waals surface area (Å²) in [5.74, 6) is 0.518. The van der Waals surface area contributed by atoms with E-state index in [-0.39, 0.29) is 12.9 Å². The fourth-order valence-electron chi connectivity index (χ4n) is 1.48. The molecule has 2 heterocycles. The Kier molecular flexibility index (Phi) is 4.49. The summed E-state index contributed by atoms with van der Waals surface area (Å²) < 4.78 is 16.2. The van der Waals surface area contributed by atoms with Gasteiger partial charge in [-0.2, -0.15) is 0 Å². The second-order valence-corrected chi connectivity index (χ2v) is 3.47. The SMILES string of the molecule is OC/C=C\COc1cc(C2OCCO2)ccn1. The van der Waals surface area contributed by atoms with Gasteiger partial charge in [0, 0.05) is 17.8 Å². The van der Waals surface area contributed by atoms with Crippen molar-refractivity contribution < 1.29 is 19.3 Å². The van der Waals surface area contributed by atoms with Crippen molar-refractivity contribution >= 4 is 0 Å². The first-order chi connectivity index (χ1) is 8.40. The first-order valence-corrected chi connectivity index (χ1v) is 5.48. The Balaban J connectivity index is 1.93. The topological polar surface area (TPSA) is 60.8 Å². The second-order valence-electron chi connectivity index (χ2n) is 3.47. The maximum Gasteiger partial charge on any atom is 0.213 e. The molecule has 17 heavy (non-hydrogen) atoms. The van der Waals surface area contributed by atoms with E-state index in [9.17, 15) is 0 Å². The number of hydrogen-bond donors (Lipinski definition) is 1. The number of aliphatic hydroxyl groups is 1. The monoisotopic (exact) mass is 237 g/mol. The minimum absolute atomic E-state index is 0.0145. The summed E-state index contributed by atoms with van der Waals surface area (Å²) in [6.45, 7) is 1.62. The average Bonchev–Trinajstić information content (AvgIpc) is 2.89. The predicted octanol–water partition coefficient (Wildman–Crippen LogP) is 1.05. The molecule has 0 bridgehead atoms. The quantitative estimate of drug-likeness (QED) is 0.776. The van der Waals surface area contributed by atoms with Gasteiger partial charge in [-0.3, -0.25) is 0 Å². The highest BCUT2D eigenvalue weighted by atomic mass is 16.7. The van der Waals surface area contributed by atoms with Crippen molar-refractivity contribution in [2.45, 2.75) is 6.29 Å². The van der Waals surface area contributed by atoms with Crippen LogP contribution in [0.2, 0.25) is 0 Å². The van der Waals surface area contributed by atoms with Gasteiger partial charge in [-0.25, -0.2) is 4.98 Å². The molecule has 1 fully saturated rings. The number of aromatic nitrogens is 1. The smallest absolute Gasteiger partial charge is 0.213 e. The van der Waals surface area contributed by atoms with E-state index < -0.39 is 0 Å². The van der Waals surface area contributed by atoms with Gasteiger partial charge >= 0.3 is 0 Å². The van der Waals surface area contributed by atoms with Crippen molar-refractivity contribution in [1.29, 1.82) is 0 Å². The number of rotatable bonds is 5. The molecule has 0 saturated carbocycles. The lowest BCUT2D eigenvalue weighted by atomic mass is 10.2. The molecule has 0 atom stereocenters. The molecule has 1 aromatic heterocycles. The molecule has 1 N–H and O–H groups in total. The zero-order valence-electron chi connectivity index (χ0n) is 9.41. The van der Waals surface area contributed by atoms with Gasteiger partial charge < -0.3 is 19.3 Å². The van der Waals surface area contributed by atoms with Crippen LogP contribution in [0, 0.1) is 0 Å². The van der Waals surface area contributed by atoms with E-state index in [1.54, 1.807) is 24.4 Å². The Bertz CT molecular complexity index is 375. The van der Waals surface area contributed by atoms with Crippen LogP contribution in [-0.2, 0) is 9.47 Å². The lowest BCUT2D eigenvalue weighted by molar-refractivity contribution is -0.0443. The van der Waals surface area contributed by atoms with E-state index in [2.05, 4.69) is 4.98 Å². The second kappa shape index (κ2) is 6.34.